The van der Waals surface area contributed by atoms with Gasteiger partial charge in [-0.05, 0) is 24.3 Å². The van der Waals surface area contributed by atoms with Crippen LogP contribution in [0, 0.1) is 0 Å². The van der Waals surface area contributed by atoms with E-state index in [9.17, 15) is 4.79 Å². The van der Waals surface area contributed by atoms with E-state index in [2.05, 4.69) is 9.97 Å². The first-order valence-corrected chi connectivity index (χ1v) is 5.88. The molecule has 4 nitrogen and oxygen atoms in total. The van der Waals surface area contributed by atoms with Crippen LogP contribution in [-0.2, 0) is 0 Å². The van der Waals surface area contributed by atoms with Crippen molar-refractivity contribution in [2.45, 2.75) is 0 Å². The van der Waals surface area contributed by atoms with Gasteiger partial charge in [0.15, 0.2) is 0 Å². The first-order valence-electron chi connectivity index (χ1n) is 5.88. The van der Waals surface area contributed by atoms with E-state index in [0.717, 1.165) is 34.1 Å². The number of aldehydes is 1. The van der Waals surface area contributed by atoms with Gasteiger partial charge in [-0.3, -0.25) is 9.78 Å². The molecule has 0 aliphatic carbocycles. The summed E-state index contributed by atoms with van der Waals surface area (Å²) in [6.07, 6.45) is 6.12. The Kier molecular flexibility index (Phi) is 2.76. The molecule has 0 bridgehead atoms. The zero-order valence-corrected chi connectivity index (χ0v) is 10.4. The number of hydrogen-bond donors (Lipinski definition) is 1. The first kappa shape index (κ1) is 11.5. The molecule has 0 saturated heterocycles. The van der Waals surface area contributed by atoms with E-state index in [0.29, 0.717) is 5.56 Å². The summed E-state index contributed by atoms with van der Waals surface area (Å²) in [6, 6.07) is 7.43. The normalized spacial score (nSPS) is 10.6. The molecule has 0 amide bonds. The van der Waals surface area contributed by atoms with E-state index in [4.69, 9.17) is 4.74 Å². The maximum atomic E-state index is 11.1. The highest BCUT2D eigenvalue weighted by atomic mass is 16.5. The van der Waals surface area contributed by atoms with Crippen molar-refractivity contribution < 1.29 is 9.53 Å². The van der Waals surface area contributed by atoms with Gasteiger partial charge in [-0.15, -0.1) is 0 Å². The highest BCUT2D eigenvalue weighted by Gasteiger charge is 2.11. The van der Waals surface area contributed by atoms with E-state index < -0.39 is 0 Å². The van der Waals surface area contributed by atoms with Crippen molar-refractivity contribution in [1.29, 1.82) is 0 Å². The lowest BCUT2D eigenvalue weighted by Gasteiger charge is -2.09. The Labute approximate surface area is 110 Å². The van der Waals surface area contributed by atoms with E-state index >= 15 is 0 Å². The van der Waals surface area contributed by atoms with Crippen molar-refractivity contribution in [3.63, 3.8) is 0 Å². The van der Waals surface area contributed by atoms with Crippen LogP contribution in [0.15, 0.2) is 42.9 Å². The second-order valence-electron chi connectivity index (χ2n) is 4.20. The molecule has 2 heterocycles. The number of methoxy groups -OCH3 is 1. The minimum atomic E-state index is 0.632. The van der Waals surface area contributed by atoms with E-state index in [-0.39, 0.29) is 0 Å². The molecule has 19 heavy (non-hydrogen) atoms. The van der Waals surface area contributed by atoms with Crippen molar-refractivity contribution in [2.75, 3.05) is 7.11 Å². The van der Waals surface area contributed by atoms with Crippen LogP contribution in [0.25, 0.3) is 22.0 Å². The number of H-pyrrole nitrogens is 1. The Bertz CT molecular complexity index is 747. The summed E-state index contributed by atoms with van der Waals surface area (Å²) in [5.74, 6) is 0.731. The van der Waals surface area contributed by atoms with E-state index in [1.165, 1.54) is 0 Å². The largest absolute Gasteiger partial charge is 0.496 e. The summed E-state index contributed by atoms with van der Waals surface area (Å²) in [6.45, 7) is 0. The molecule has 3 aromatic rings. The number of fused-ring (bicyclic) bond motifs is 1. The van der Waals surface area contributed by atoms with E-state index in [1.807, 2.05) is 24.4 Å². The number of carbonyl (C=O) groups excluding carboxylic acids is 1. The number of pyridine rings is 1. The molecule has 0 aliphatic heterocycles. The lowest BCUT2D eigenvalue weighted by atomic mass is 10.0. The van der Waals surface area contributed by atoms with Crippen LogP contribution >= 0.6 is 0 Å². The van der Waals surface area contributed by atoms with Gasteiger partial charge in [-0.25, -0.2) is 0 Å². The Morgan fingerprint density at radius 1 is 1.26 bits per heavy atom. The lowest BCUT2D eigenvalue weighted by molar-refractivity contribution is 0.112. The highest BCUT2D eigenvalue weighted by molar-refractivity contribution is 5.99. The Morgan fingerprint density at radius 3 is 2.95 bits per heavy atom. The Hall–Kier alpha value is -2.62. The maximum Gasteiger partial charge on any atom is 0.150 e. The molecule has 0 radical (unpaired) electrons. The minimum absolute atomic E-state index is 0.632. The fourth-order valence-corrected chi connectivity index (χ4v) is 2.24. The molecule has 0 spiro atoms. The van der Waals surface area contributed by atoms with Crippen LogP contribution < -0.4 is 4.74 Å². The molecule has 3 rings (SSSR count). The molecule has 94 valence electrons. The summed E-state index contributed by atoms with van der Waals surface area (Å²) >= 11 is 0. The van der Waals surface area contributed by atoms with Crippen LogP contribution in [0.1, 0.15) is 10.4 Å². The number of benzene rings is 1. The summed E-state index contributed by atoms with van der Waals surface area (Å²) in [4.78, 5) is 18.4. The molecule has 0 fully saturated rings. The summed E-state index contributed by atoms with van der Waals surface area (Å²) in [5, 5.41) is 0.991. The smallest absolute Gasteiger partial charge is 0.150 e. The summed E-state index contributed by atoms with van der Waals surface area (Å²) in [5.41, 5.74) is 3.38. The molecule has 0 unspecified atom stereocenters. The molecule has 0 saturated carbocycles. The van der Waals surface area contributed by atoms with Gasteiger partial charge >= 0.3 is 0 Å². The molecule has 1 aromatic carbocycles. The van der Waals surface area contributed by atoms with Crippen LogP contribution in [-0.4, -0.2) is 23.4 Å². The van der Waals surface area contributed by atoms with Crippen molar-refractivity contribution in [1.82, 2.24) is 9.97 Å². The lowest BCUT2D eigenvalue weighted by Crippen LogP contribution is -1.91. The number of rotatable bonds is 3. The molecule has 2 aromatic heterocycles. The minimum Gasteiger partial charge on any atom is -0.496 e. The molecule has 1 N–H and O–H groups in total. The van der Waals surface area contributed by atoms with Gasteiger partial charge < -0.3 is 9.72 Å². The van der Waals surface area contributed by atoms with Crippen molar-refractivity contribution >= 4 is 17.2 Å². The molecular weight excluding hydrogens is 240 g/mol. The third-order valence-corrected chi connectivity index (χ3v) is 3.11. The summed E-state index contributed by atoms with van der Waals surface area (Å²) in [7, 11) is 1.62. The number of carbonyl (C=O) groups is 1. The zero-order chi connectivity index (χ0) is 13.2. The molecular formula is C15H12N2O2. The predicted octanol–water partition coefficient (Wildman–Crippen LogP) is 3.05. The highest BCUT2D eigenvalue weighted by Crippen LogP contribution is 2.34. The van der Waals surface area contributed by atoms with Crippen LogP contribution in [0.5, 0.6) is 5.75 Å². The SMILES string of the molecule is COc1ccncc1-c1cc(C=O)cc2cc[nH]c12. The van der Waals surface area contributed by atoms with Gasteiger partial charge in [-0.2, -0.15) is 0 Å². The third kappa shape index (κ3) is 1.87. The van der Waals surface area contributed by atoms with Gasteiger partial charge in [0.05, 0.1) is 12.6 Å². The average Bonchev–Trinajstić information content (AvgIpc) is 2.94. The van der Waals surface area contributed by atoms with Crippen LogP contribution in [0.3, 0.4) is 0 Å². The first-order chi connectivity index (χ1) is 9.33. The van der Waals surface area contributed by atoms with Crippen LogP contribution in [0.4, 0.5) is 0 Å². The topological polar surface area (TPSA) is 55.0 Å². The van der Waals surface area contributed by atoms with Crippen molar-refractivity contribution in [3.05, 3.63) is 48.4 Å². The Morgan fingerprint density at radius 2 is 2.16 bits per heavy atom. The fourth-order valence-electron chi connectivity index (χ4n) is 2.24. The number of nitrogens with zero attached hydrogens (tertiary/aromatic N) is 1. The molecule has 4 heteroatoms. The average molecular weight is 252 g/mol. The number of aromatic amines is 1. The zero-order valence-electron chi connectivity index (χ0n) is 10.4. The van der Waals surface area contributed by atoms with Crippen molar-refractivity contribution in [3.8, 4) is 16.9 Å². The van der Waals surface area contributed by atoms with Gasteiger partial charge in [0.2, 0.25) is 0 Å². The second-order valence-corrected chi connectivity index (χ2v) is 4.20. The quantitative estimate of drug-likeness (QED) is 0.729. The van der Waals surface area contributed by atoms with Gasteiger partial charge in [0, 0.05) is 40.7 Å². The van der Waals surface area contributed by atoms with Gasteiger partial charge in [0.25, 0.3) is 0 Å². The molecule has 0 atom stereocenters. The Balaban J connectivity index is 2.34. The fraction of sp³-hybridized carbons (Fsp3) is 0.0667. The maximum absolute atomic E-state index is 11.1. The second kappa shape index (κ2) is 4.57. The van der Waals surface area contributed by atoms with Gasteiger partial charge in [0.1, 0.15) is 12.0 Å². The van der Waals surface area contributed by atoms with Crippen molar-refractivity contribution in [2.24, 2.45) is 0 Å². The van der Waals surface area contributed by atoms with Gasteiger partial charge in [-0.1, -0.05) is 0 Å². The standard InChI is InChI=1S/C15H12N2O2/c1-19-14-3-4-16-8-13(14)12-7-10(9-18)6-11-2-5-17-15(11)12/h2-9,17H,1H3. The number of ether oxygens (including phenoxy) is 1. The third-order valence-electron chi connectivity index (χ3n) is 3.11. The monoisotopic (exact) mass is 252 g/mol. The predicted molar refractivity (Wildman–Crippen MR) is 73.5 cm³/mol. The van der Waals surface area contributed by atoms with Crippen LogP contribution in [0.2, 0.25) is 0 Å². The number of nitrogens with one attached hydrogen (secondary N) is 1. The summed E-state index contributed by atoms with van der Waals surface area (Å²) < 4.78 is 5.36. The number of hydrogen-bond acceptors (Lipinski definition) is 3. The molecule has 0 aliphatic rings. The number of aromatic nitrogens is 2. The van der Waals surface area contributed by atoms with E-state index in [1.54, 1.807) is 25.6 Å².